The molecule has 2 aromatic rings. The minimum Gasteiger partial charge on any atom is -0.550 e. The van der Waals surface area contributed by atoms with Crippen LogP contribution < -0.4 is 10.2 Å². The van der Waals surface area contributed by atoms with Gasteiger partial charge in [-0.1, -0.05) is 67.5 Å². The van der Waals surface area contributed by atoms with Gasteiger partial charge in [-0.2, -0.15) is 0 Å². The van der Waals surface area contributed by atoms with Gasteiger partial charge >= 0.3 is 16.8 Å². The van der Waals surface area contributed by atoms with E-state index >= 15 is 0 Å². The van der Waals surface area contributed by atoms with E-state index in [1.165, 1.54) is 11.1 Å². The fourth-order valence-corrected chi connectivity index (χ4v) is 3.59. The van der Waals surface area contributed by atoms with E-state index in [1.807, 2.05) is 12.1 Å². The number of phenols is 2. The van der Waals surface area contributed by atoms with Gasteiger partial charge in [0.2, 0.25) is 0 Å². The molecule has 0 fully saturated rings. The van der Waals surface area contributed by atoms with Crippen LogP contribution in [-0.2, 0) is 26.4 Å². The van der Waals surface area contributed by atoms with Crippen LogP contribution >= 0.6 is 0 Å². The normalized spacial score (nSPS) is 11.0. The third-order valence-electron chi connectivity index (χ3n) is 5.78. The molecule has 0 aromatic heterocycles. The van der Waals surface area contributed by atoms with Crippen LogP contribution in [0.3, 0.4) is 0 Å². The Hall–Kier alpha value is -3.17. The van der Waals surface area contributed by atoms with Crippen LogP contribution in [-0.4, -0.2) is 47.7 Å². The number of aromatic hydroxyl groups is 2. The molecule has 0 bridgehead atoms. The molecule has 0 aliphatic heterocycles. The Kier molecular flexibility index (Phi) is 19.3. The molecule has 0 saturated heterocycles. The molecule has 0 atom stereocenters. The predicted octanol–water partition coefficient (Wildman–Crippen LogP) is 4.64. The number of carbonyl (C=O) groups is 2. The summed E-state index contributed by atoms with van der Waals surface area (Å²) in [4.78, 5) is 26.8. The number of hydrogen-bond donors (Lipinski definition) is 2. The summed E-state index contributed by atoms with van der Waals surface area (Å²) in [7, 11) is 0. The van der Waals surface area contributed by atoms with Crippen molar-refractivity contribution in [2.45, 2.75) is 92.9 Å². The van der Waals surface area contributed by atoms with Crippen molar-refractivity contribution in [1.29, 1.82) is 0 Å². The van der Waals surface area contributed by atoms with E-state index in [2.05, 4.69) is 77.5 Å². The summed E-state index contributed by atoms with van der Waals surface area (Å²) in [5, 5.41) is 39.1. The van der Waals surface area contributed by atoms with Crippen LogP contribution in [0.15, 0.2) is 34.3 Å². The third kappa shape index (κ3) is 15.4. The summed E-state index contributed by atoms with van der Waals surface area (Å²) in [5.41, 5.74) is 5.83. The van der Waals surface area contributed by atoms with Gasteiger partial charge in [0, 0.05) is 35.5 Å². The fraction of sp³-hybridized carbons (Fsp3) is 0.500. The first-order chi connectivity index (χ1) is 18.5. The second-order valence-electron chi connectivity index (χ2n) is 10.8. The molecule has 229 valence electrons. The fourth-order valence-electron chi connectivity index (χ4n) is 3.59. The van der Waals surface area contributed by atoms with E-state index in [9.17, 15) is 10.2 Å². The van der Waals surface area contributed by atoms with Gasteiger partial charge in [0.25, 0.3) is 0 Å². The van der Waals surface area contributed by atoms with Crippen LogP contribution in [0.5, 0.6) is 11.5 Å². The van der Waals surface area contributed by atoms with Crippen molar-refractivity contribution >= 4 is 24.4 Å². The maximum absolute atomic E-state index is 10.6. The first kappa shape index (κ1) is 40.0. The molecule has 9 heteroatoms. The Morgan fingerprint density at radius 3 is 1.15 bits per heavy atom. The summed E-state index contributed by atoms with van der Waals surface area (Å²) < 4.78 is 0. The van der Waals surface area contributed by atoms with Gasteiger partial charge in [-0.25, -0.2) is 0 Å². The summed E-state index contributed by atoms with van der Waals surface area (Å²) in [6, 6.07) is 8.22. The maximum atomic E-state index is 10.6. The molecule has 0 amide bonds. The Morgan fingerprint density at radius 2 is 0.927 bits per heavy atom. The van der Waals surface area contributed by atoms with Gasteiger partial charge in [-0.05, 0) is 71.9 Å². The molecule has 8 nitrogen and oxygen atoms in total. The zero-order chi connectivity index (χ0) is 31.2. The molecule has 0 heterocycles. The number of carboxylic acid groups (broad SMARTS) is 2. The molecule has 0 aliphatic rings. The van der Waals surface area contributed by atoms with Crippen LogP contribution in [0, 0.1) is 0 Å². The zero-order valence-corrected chi connectivity index (χ0v) is 27.0. The molecule has 2 aromatic carbocycles. The Labute approximate surface area is 255 Å². The first-order valence-corrected chi connectivity index (χ1v) is 13.6. The van der Waals surface area contributed by atoms with Gasteiger partial charge in [0.1, 0.15) is 11.5 Å². The molecule has 0 spiro atoms. The number of nitrogens with zero attached hydrogens (tertiary/aromatic N) is 2. The van der Waals surface area contributed by atoms with E-state index in [-0.39, 0.29) is 28.6 Å². The monoisotopic (exact) mass is 613 g/mol. The number of carbonyl (C=O) groups excluding carboxylic acids is 2. The molecular formula is C32H46CoN2O6. The van der Waals surface area contributed by atoms with E-state index in [4.69, 9.17) is 19.8 Å². The van der Waals surface area contributed by atoms with Crippen molar-refractivity contribution in [2.75, 3.05) is 13.1 Å². The van der Waals surface area contributed by atoms with E-state index in [1.54, 1.807) is 12.4 Å². The Bertz CT molecular complexity index is 1070. The largest absolute Gasteiger partial charge is 2.00 e. The zero-order valence-electron chi connectivity index (χ0n) is 25.9. The predicted molar refractivity (Wildman–Crippen MR) is 159 cm³/mol. The standard InChI is InChI=1S/C28H40N2O2.2C2H4O2.Co/c1-17(2)21-11-23(27(31)25(13-21)19(5)6)15-29-9-10-30-16-24-12-22(18(3)4)14-26(20(7)8)28(24)32;2*1-2(3)4;/h11-20,31-32H,9-10H2,1-8H3;2*1H3,(H,3,4);/q;;;+2/p-2. The minimum atomic E-state index is -1.08. The molecule has 1 radical (unpaired) electrons. The number of phenolic OH excluding ortho intramolecular Hbond substituents is 2. The molecule has 2 N–H and O–H groups in total. The van der Waals surface area contributed by atoms with Crippen molar-refractivity contribution < 1.29 is 46.8 Å². The van der Waals surface area contributed by atoms with Crippen molar-refractivity contribution in [1.82, 2.24) is 0 Å². The molecule has 41 heavy (non-hydrogen) atoms. The molecular weight excluding hydrogens is 567 g/mol. The van der Waals surface area contributed by atoms with Crippen molar-refractivity contribution in [3.05, 3.63) is 57.6 Å². The average molecular weight is 614 g/mol. The molecule has 0 saturated carbocycles. The molecule has 0 aliphatic carbocycles. The summed E-state index contributed by atoms with van der Waals surface area (Å²) in [6.45, 7) is 19.9. The van der Waals surface area contributed by atoms with Crippen molar-refractivity contribution in [3.8, 4) is 11.5 Å². The Morgan fingerprint density at radius 1 is 0.659 bits per heavy atom. The van der Waals surface area contributed by atoms with Gasteiger partial charge in [-0.15, -0.1) is 0 Å². The maximum Gasteiger partial charge on any atom is 2.00 e. The number of carboxylic acids is 2. The summed E-state index contributed by atoms with van der Waals surface area (Å²) >= 11 is 0. The number of aliphatic carboxylic acids is 2. The second kappa shape index (κ2) is 19.8. The van der Waals surface area contributed by atoms with Gasteiger partial charge in [0.15, 0.2) is 0 Å². The number of rotatable bonds is 9. The average Bonchev–Trinajstić information content (AvgIpc) is 2.81. The molecule has 0 unspecified atom stereocenters. The van der Waals surface area contributed by atoms with E-state index in [0.29, 0.717) is 36.4 Å². The quantitative estimate of drug-likeness (QED) is 0.311. The SMILES string of the molecule is CC(=O)[O-].CC(=O)[O-].CC(C)c1cc(C=NCCN=Cc2cc(C(C)C)cc(C(C)C)c2O)c(O)c(C(C)C)c1.[Co+2]. The number of hydrogen-bond acceptors (Lipinski definition) is 8. The topological polar surface area (TPSA) is 145 Å². The minimum absolute atomic E-state index is 0. The second-order valence-corrected chi connectivity index (χ2v) is 10.8. The Balaban J connectivity index is 0. The third-order valence-corrected chi connectivity index (χ3v) is 5.78. The number of aliphatic imine (C=N–C) groups is 2. The summed E-state index contributed by atoms with van der Waals surface area (Å²) in [5.74, 6) is -0.280. The van der Waals surface area contributed by atoms with Gasteiger partial charge in [-0.3, -0.25) is 9.98 Å². The van der Waals surface area contributed by atoms with Crippen molar-refractivity contribution in [3.63, 3.8) is 0 Å². The molecule has 2 rings (SSSR count). The summed E-state index contributed by atoms with van der Waals surface area (Å²) in [6.07, 6.45) is 3.49. The van der Waals surface area contributed by atoms with Gasteiger partial charge < -0.3 is 30.0 Å². The van der Waals surface area contributed by atoms with Crippen LogP contribution in [0.25, 0.3) is 0 Å². The smallest absolute Gasteiger partial charge is 0.550 e. The number of benzene rings is 2. The van der Waals surface area contributed by atoms with E-state index < -0.39 is 11.9 Å². The van der Waals surface area contributed by atoms with Crippen LogP contribution in [0.4, 0.5) is 0 Å². The van der Waals surface area contributed by atoms with E-state index in [0.717, 1.165) is 36.1 Å². The van der Waals surface area contributed by atoms with Crippen LogP contribution in [0.2, 0.25) is 0 Å². The van der Waals surface area contributed by atoms with Gasteiger partial charge in [0.05, 0.1) is 13.1 Å². The first-order valence-electron chi connectivity index (χ1n) is 13.6. The van der Waals surface area contributed by atoms with Crippen LogP contribution in [0.1, 0.15) is 126 Å². The van der Waals surface area contributed by atoms with Crippen molar-refractivity contribution in [2.24, 2.45) is 9.98 Å².